The molecule has 8 heteroatoms. The molecule has 0 saturated carbocycles. The molecule has 4 rings (SSSR count). The Morgan fingerprint density at radius 2 is 1.94 bits per heavy atom. The van der Waals surface area contributed by atoms with E-state index in [1.54, 1.807) is 6.07 Å². The van der Waals surface area contributed by atoms with Gasteiger partial charge in [0.15, 0.2) is 5.82 Å². The van der Waals surface area contributed by atoms with Crippen molar-refractivity contribution in [1.82, 2.24) is 10.3 Å². The minimum atomic E-state index is -0.538. The Morgan fingerprint density at radius 1 is 1.24 bits per heavy atom. The second-order valence-corrected chi connectivity index (χ2v) is 9.74. The van der Waals surface area contributed by atoms with Crippen LogP contribution in [0.2, 0.25) is 0 Å². The highest BCUT2D eigenvalue weighted by molar-refractivity contribution is 9.10. The summed E-state index contributed by atoms with van der Waals surface area (Å²) in [5, 5.41) is 2.80. The van der Waals surface area contributed by atoms with Crippen molar-refractivity contribution in [1.29, 1.82) is 0 Å². The van der Waals surface area contributed by atoms with E-state index >= 15 is 4.39 Å². The van der Waals surface area contributed by atoms with Gasteiger partial charge in [0, 0.05) is 48.1 Å². The third-order valence-electron chi connectivity index (χ3n) is 6.83. The maximum atomic E-state index is 15.6. The maximum absolute atomic E-state index is 15.6. The van der Waals surface area contributed by atoms with Gasteiger partial charge in [-0.2, -0.15) is 0 Å². The van der Waals surface area contributed by atoms with Crippen LogP contribution in [0.25, 0.3) is 0 Å². The summed E-state index contributed by atoms with van der Waals surface area (Å²) in [4.78, 5) is 30.6. The third-order valence-corrected chi connectivity index (χ3v) is 7.29. The molecular formula is C25H31BrFN3O3. The zero-order chi connectivity index (χ0) is 23.5. The lowest BCUT2D eigenvalue weighted by atomic mass is 9.88. The Bertz CT molecular complexity index is 1100. The minimum absolute atomic E-state index is 0.0257. The molecule has 0 spiro atoms. The summed E-state index contributed by atoms with van der Waals surface area (Å²) in [5.74, 6) is -1.06. The molecule has 0 radical (unpaired) electrons. The third kappa shape index (κ3) is 5.01. The number of H-pyrrole nitrogens is 1. The van der Waals surface area contributed by atoms with Gasteiger partial charge in [-0.1, -0.05) is 15.9 Å². The molecule has 6 nitrogen and oxygen atoms in total. The summed E-state index contributed by atoms with van der Waals surface area (Å²) in [6, 6.07) is 3.40. The number of aromatic amines is 1. The number of nitrogens with one attached hydrogen (secondary N) is 2. The molecule has 1 fully saturated rings. The number of aryl methyl sites for hydroxylation is 1. The van der Waals surface area contributed by atoms with Crippen LogP contribution in [0.3, 0.4) is 0 Å². The van der Waals surface area contributed by atoms with Crippen LogP contribution in [0, 0.1) is 12.7 Å². The number of hydrogen-bond acceptors (Lipinski definition) is 4. The number of anilines is 1. The quantitative estimate of drug-likeness (QED) is 0.593. The zero-order valence-electron chi connectivity index (χ0n) is 19.2. The molecule has 0 unspecified atom stereocenters. The van der Waals surface area contributed by atoms with Gasteiger partial charge < -0.3 is 19.9 Å². The van der Waals surface area contributed by atoms with Gasteiger partial charge in [-0.3, -0.25) is 9.59 Å². The number of amides is 1. The lowest BCUT2D eigenvalue weighted by Crippen LogP contribution is -2.40. The smallest absolute Gasteiger partial charge is 0.254 e. The fraction of sp³-hybridized carbons (Fsp3) is 0.520. The van der Waals surface area contributed by atoms with Gasteiger partial charge in [0.2, 0.25) is 0 Å². The van der Waals surface area contributed by atoms with E-state index in [-0.39, 0.29) is 23.7 Å². The average molecular weight is 520 g/mol. The Kier molecular flexibility index (Phi) is 7.54. The Hall–Kier alpha value is -2.19. The van der Waals surface area contributed by atoms with Crippen LogP contribution < -0.4 is 15.8 Å². The number of aromatic nitrogens is 1. The molecule has 178 valence electrons. The topological polar surface area (TPSA) is 74.4 Å². The van der Waals surface area contributed by atoms with Gasteiger partial charge in [0.1, 0.15) is 0 Å². The maximum Gasteiger partial charge on any atom is 0.254 e. The Labute approximate surface area is 202 Å². The van der Waals surface area contributed by atoms with Crippen LogP contribution in [0.1, 0.15) is 65.3 Å². The molecule has 1 aromatic heterocycles. The molecule has 2 aromatic rings. The van der Waals surface area contributed by atoms with E-state index in [9.17, 15) is 9.59 Å². The van der Waals surface area contributed by atoms with Crippen molar-refractivity contribution in [3.63, 3.8) is 0 Å². The van der Waals surface area contributed by atoms with Gasteiger partial charge in [0.05, 0.1) is 11.3 Å². The highest BCUT2D eigenvalue weighted by Gasteiger charge is 2.26. The molecule has 1 saturated heterocycles. The van der Waals surface area contributed by atoms with E-state index in [2.05, 4.69) is 26.2 Å². The van der Waals surface area contributed by atoms with Crippen LogP contribution in [0.4, 0.5) is 10.1 Å². The molecule has 33 heavy (non-hydrogen) atoms. The molecule has 0 bridgehead atoms. The number of pyridine rings is 1. The number of benzene rings is 1. The van der Waals surface area contributed by atoms with Crippen LogP contribution in [0.5, 0.6) is 0 Å². The monoisotopic (exact) mass is 519 g/mol. The average Bonchev–Trinajstić information content (AvgIpc) is 2.82. The van der Waals surface area contributed by atoms with Crippen molar-refractivity contribution in [2.75, 3.05) is 24.7 Å². The van der Waals surface area contributed by atoms with E-state index in [4.69, 9.17) is 4.74 Å². The van der Waals surface area contributed by atoms with Crippen LogP contribution in [-0.4, -0.2) is 36.7 Å². The molecule has 1 amide bonds. The van der Waals surface area contributed by atoms with Crippen molar-refractivity contribution in [2.24, 2.45) is 0 Å². The molecule has 1 aromatic carbocycles. The van der Waals surface area contributed by atoms with Crippen molar-refractivity contribution in [3.05, 3.63) is 60.7 Å². The van der Waals surface area contributed by atoms with Crippen LogP contribution in [-0.2, 0) is 24.1 Å². The van der Waals surface area contributed by atoms with E-state index in [0.29, 0.717) is 35.5 Å². The van der Waals surface area contributed by atoms with Gasteiger partial charge in [0.25, 0.3) is 11.5 Å². The first-order chi connectivity index (χ1) is 15.9. The highest BCUT2D eigenvalue weighted by Crippen LogP contribution is 2.31. The van der Waals surface area contributed by atoms with Crippen molar-refractivity contribution in [3.8, 4) is 0 Å². The fourth-order valence-electron chi connectivity index (χ4n) is 5.13. The molecule has 2 heterocycles. The highest BCUT2D eigenvalue weighted by atomic mass is 79.9. The number of fused-ring (bicyclic) bond motifs is 1. The number of ether oxygens (including phenoxy) is 1. The SMILES string of the molecule is CCN(c1cc(Br)cc(C(=O)NCc2c3c(c(C)[nH]c2=O)CCCC3)c1F)C1CCOCC1. The number of rotatable bonds is 6. The molecule has 1 aliphatic carbocycles. The first kappa shape index (κ1) is 24.0. The number of halogens is 2. The second-order valence-electron chi connectivity index (χ2n) is 8.82. The standard InChI is InChI=1S/C25H31BrFN3O3/c1-3-30(17-8-10-33-11-9-17)22-13-16(26)12-20(23(22)27)24(31)28-14-21-19-7-5-4-6-18(19)15(2)29-25(21)32/h12-13,17H,3-11,14H2,1-2H3,(H,28,31)(H,29,32). The summed E-state index contributed by atoms with van der Waals surface area (Å²) >= 11 is 3.45. The predicted octanol–water partition coefficient (Wildman–Crippen LogP) is 4.40. The van der Waals surface area contributed by atoms with Crippen molar-refractivity contribution < 1.29 is 13.9 Å². The summed E-state index contributed by atoms with van der Waals surface area (Å²) < 4.78 is 21.7. The molecule has 0 atom stereocenters. The van der Waals surface area contributed by atoms with E-state index < -0.39 is 11.7 Å². The number of hydrogen-bond donors (Lipinski definition) is 2. The number of carbonyl (C=O) groups is 1. The van der Waals surface area contributed by atoms with E-state index in [0.717, 1.165) is 49.8 Å². The number of carbonyl (C=O) groups excluding carboxylic acids is 1. The zero-order valence-corrected chi connectivity index (χ0v) is 20.8. The Morgan fingerprint density at radius 3 is 2.64 bits per heavy atom. The summed E-state index contributed by atoms with van der Waals surface area (Å²) in [5.41, 5.74) is 3.90. The summed E-state index contributed by atoms with van der Waals surface area (Å²) in [6.45, 7) is 5.92. The van der Waals surface area contributed by atoms with E-state index in [1.807, 2.05) is 18.7 Å². The van der Waals surface area contributed by atoms with Crippen molar-refractivity contribution in [2.45, 2.75) is 65.0 Å². The minimum Gasteiger partial charge on any atom is -0.381 e. The summed E-state index contributed by atoms with van der Waals surface area (Å²) in [6.07, 6.45) is 5.53. The largest absolute Gasteiger partial charge is 0.381 e. The normalized spacial score (nSPS) is 16.4. The fourth-order valence-corrected chi connectivity index (χ4v) is 5.58. The van der Waals surface area contributed by atoms with Crippen molar-refractivity contribution >= 4 is 27.5 Å². The number of nitrogens with zero attached hydrogens (tertiary/aromatic N) is 1. The molecule has 2 N–H and O–H groups in total. The van der Waals surface area contributed by atoms with Gasteiger partial charge in [-0.25, -0.2) is 4.39 Å². The Balaban J connectivity index is 1.59. The first-order valence-corrected chi connectivity index (χ1v) is 12.5. The second kappa shape index (κ2) is 10.4. The van der Waals surface area contributed by atoms with Crippen LogP contribution >= 0.6 is 15.9 Å². The lowest BCUT2D eigenvalue weighted by molar-refractivity contribution is 0.0844. The first-order valence-electron chi connectivity index (χ1n) is 11.8. The molecule has 1 aliphatic heterocycles. The van der Waals surface area contributed by atoms with Gasteiger partial charge in [-0.15, -0.1) is 0 Å². The van der Waals surface area contributed by atoms with Crippen LogP contribution in [0.15, 0.2) is 21.4 Å². The molecule has 2 aliphatic rings. The molecular weight excluding hydrogens is 489 g/mol. The lowest BCUT2D eigenvalue weighted by Gasteiger charge is -2.35. The summed E-state index contributed by atoms with van der Waals surface area (Å²) in [7, 11) is 0. The van der Waals surface area contributed by atoms with Gasteiger partial charge in [-0.05, 0) is 75.6 Å². The predicted molar refractivity (Wildman–Crippen MR) is 131 cm³/mol. The van der Waals surface area contributed by atoms with Gasteiger partial charge >= 0.3 is 0 Å². The van der Waals surface area contributed by atoms with E-state index in [1.165, 1.54) is 11.6 Å².